The number of pyridine rings is 1. The molecule has 0 saturated carbocycles. The molecule has 1 atom stereocenters. The molecule has 1 N–H and O–H groups in total. The number of hydrogen-bond donors (Lipinski definition) is 1. The fourth-order valence-electron chi connectivity index (χ4n) is 1.82. The zero-order valence-corrected chi connectivity index (χ0v) is 13.3. The Labute approximate surface area is 135 Å². The van der Waals surface area contributed by atoms with Gasteiger partial charge in [0.2, 0.25) is 0 Å². The largest absolute Gasteiger partial charge is 0.481 e. The van der Waals surface area contributed by atoms with Crippen LogP contribution in [-0.4, -0.2) is 31.1 Å². The maximum absolute atomic E-state index is 12.1. The summed E-state index contributed by atoms with van der Waals surface area (Å²) in [4.78, 5) is 18.2. The molecule has 6 nitrogen and oxygen atoms in total. The van der Waals surface area contributed by atoms with E-state index in [2.05, 4.69) is 10.3 Å². The third-order valence-electron chi connectivity index (χ3n) is 3.18. The number of amides is 1. The van der Waals surface area contributed by atoms with Crippen molar-refractivity contribution in [3.63, 3.8) is 0 Å². The summed E-state index contributed by atoms with van der Waals surface area (Å²) in [6, 6.07) is 12.2. The molecule has 0 aliphatic heterocycles. The van der Waals surface area contributed by atoms with Gasteiger partial charge in [-0.15, -0.1) is 0 Å². The van der Waals surface area contributed by atoms with Gasteiger partial charge in [-0.25, -0.2) is 4.98 Å². The number of hydrogen-bond acceptors (Lipinski definition) is 5. The van der Waals surface area contributed by atoms with Crippen molar-refractivity contribution in [2.24, 2.45) is 0 Å². The topological polar surface area (TPSA) is 78.2 Å². The second kappa shape index (κ2) is 7.27. The molecule has 0 saturated heterocycles. The number of anilines is 2. The number of nitrogens with zero attached hydrogens (tertiary/aromatic N) is 3. The second-order valence-electron chi connectivity index (χ2n) is 5.18. The monoisotopic (exact) mass is 310 g/mol. The molecule has 0 aliphatic rings. The van der Waals surface area contributed by atoms with E-state index in [4.69, 9.17) is 10.00 Å². The molecule has 0 radical (unpaired) electrons. The van der Waals surface area contributed by atoms with E-state index in [1.54, 1.807) is 43.5 Å². The highest BCUT2D eigenvalue weighted by Gasteiger charge is 2.15. The van der Waals surface area contributed by atoms with Gasteiger partial charge in [-0.2, -0.15) is 5.26 Å². The third-order valence-corrected chi connectivity index (χ3v) is 3.18. The number of benzene rings is 1. The van der Waals surface area contributed by atoms with Crippen LogP contribution in [-0.2, 0) is 4.79 Å². The summed E-state index contributed by atoms with van der Waals surface area (Å²) in [6.45, 7) is 1.65. The first kappa shape index (κ1) is 16.3. The van der Waals surface area contributed by atoms with Gasteiger partial charge in [0, 0.05) is 14.1 Å². The molecule has 0 spiro atoms. The van der Waals surface area contributed by atoms with Crippen LogP contribution in [0.15, 0.2) is 42.6 Å². The zero-order valence-electron chi connectivity index (χ0n) is 13.3. The van der Waals surface area contributed by atoms with E-state index < -0.39 is 6.10 Å². The van der Waals surface area contributed by atoms with Crippen LogP contribution in [0.1, 0.15) is 12.5 Å². The first-order valence-electron chi connectivity index (χ1n) is 7.10. The van der Waals surface area contributed by atoms with Crippen LogP contribution >= 0.6 is 0 Å². The fraction of sp³-hybridized carbons (Fsp3) is 0.235. The molecule has 23 heavy (non-hydrogen) atoms. The molecule has 1 aromatic carbocycles. The van der Waals surface area contributed by atoms with Gasteiger partial charge in [-0.3, -0.25) is 4.79 Å². The minimum absolute atomic E-state index is 0.292. The summed E-state index contributed by atoms with van der Waals surface area (Å²) in [5.74, 6) is 0.706. The Balaban J connectivity index is 1.95. The van der Waals surface area contributed by atoms with E-state index in [9.17, 15) is 4.79 Å². The molecule has 2 rings (SSSR count). The molecule has 0 unspecified atom stereocenters. The van der Waals surface area contributed by atoms with Gasteiger partial charge >= 0.3 is 0 Å². The third kappa shape index (κ3) is 4.45. The Morgan fingerprint density at radius 1 is 1.26 bits per heavy atom. The molecule has 1 amide bonds. The van der Waals surface area contributed by atoms with Crippen molar-refractivity contribution in [3.8, 4) is 11.8 Å². The number of rotatable bonds is 5. The SMILES string of the molecule is C[C@@H](Oc1ccc(C#N)cc1)C(=O)Nc1ccc(N(C)C)cn1. The van der Waals surface area contributed by atoms with Crippen molar-refractivity contribution < 1.29 is 9.53 Å². The molecular formula is C17H18N4O2. The van der Waals surface area contributed by atoms with Crippen LogP contribution in [0.2, 0.25) is 0 Å². The lowest BCUT2D eigenvalue weighted by atomic mass is 10.2. The van der Waals surface area contributed by atoms with Crippen LogP contribution in [0.25, 0.3) is 0 Å². The van der Waals surface area contributed by atoms with E-state index in [0.717, 1.165) is 5.69 Å². The maximum Gasteiger partial charge on any atom is 0.266 e. The van der Waals surface area contributed by atoms with Crippen molar-refractivity contribution >= 4 is 17.4 Å². The lowest BCUT2D eigenvalue weighted by molar-refractivity contribution is -0.122. The molecular weight excluding hydrogens is 292 g/mol. The number of nitrogens with one attached hydrogen (secondary N) is 1. The predicted octanol–water partition coefficient (Wildman–Crippen LogP) is 2.43. The lowest BCUT2D eigenvalue weighted by Gasteiger charge is -2.15. The number of nitriles is 1. The quantitative estimate of drug-likeness (QED) is 0.917. The summed E-state index contributed by atoms with van der Waals surface area (Å²) >= 11 is 0. The lowest BCUT2D eigenvalue weighted by Crippen LogP contribution is -2.30. The first-order valence-corrected chi connectivity index (χ1v) is 7.10. The van der Waals surface area contributed by atoms with Gasteiger partial charge in [0.25, 0.3) is 5.91 Å². The highest BCUT2D eigenvalue weighted by molar-refractivity contribution is 5.93. The predicted molar refractivity (Wildman–Crippen MR) is 88.4 cm³/mol. The molecule has 0 bridgehead atoms. The summed E-state index contributed by atoms with van der Waals surface area (Å²) in [5, 5.41) is 11.5. The Bertz CT molecular complexity index is 703. The highest BCUT2D eigenvalue weighted by atomic mass is 16.5. The van der Waals surface area contributed by atoms with Crippen molar-refractivity contribution in [2.75, 3.05) is 24.3 Å². The van der Waals surface area contributed by atoms with E-state index in [1.165, 1.54) is 0 Å². The van der Waals surface area contributed by atoms with Gasteiger partial charge < -0.3 is 15.0 Å². The van der Waals surface area contributed by atoms with Gasteiger partial charge in [0.1, 0.15) is 11.6 Å². The summed E-state index contributed by atoms with van der Waals surface area (Å²) in [7, 11) is 3.84. The Hall–Kier alpha value is -3.07. The van der Waals surface area contributed by atoms with Gasteiger partial charge in [-0.05, 0) is 43.3 Å². The minimum atomic E-state index is -0.682. The van der Waals surface area contributed by atoms with Crippen LogP contribution in [0, 0.1) is 11.3 Å². The van der Waals surface area contributed by atoms with Gasteiger partial charge in [-0.1, -0.05) is 0 Å². The van der Waals surface area contributed by atoms with Crippen molar-refractivity contribution in [2.45, 2.75) is 13.0 Å². The number of carbonyl (C=O) groups is 1. The molecule has 2 aromatic rings. The van der Waals surface area contributed by atoms with Crippen LogP contribution < -0.4 is 15.0 Å². The summed E-state index contributed by atoms with van der Waals surface area (Å²) in [5.41, 5.74) is 1.49. The zero-order chi connectivity index (χ0) is 16.8. The van der Waals surface area contributed by atoms with E-state index in [1.807, 2.05) is 31.1 Å². The Morgan fingerprint density at radius 2 is 1.96 bits per heavy atom. The number of aromatic nitrogens is 1. The minimum Gasteiger partial charge on any atom is -0.481 e. The molecule has 0 fully saturated rings. The second-order valence-corrected chi connectivity index (χ2v) is 5.18. The molecule has 1 aromatic heterocycles. The number of ether oxygens (including phenoxy) is 1. The van der Waals surface area contributed by atoms with E-state index in [-0.39, 0.29) is 5.91 Å². The normalized spacial score (nSPS) is 11.2. The Kier molecular flexibility index (Phi) is 5.15. The molecule has 6 heteroatoms. The maximum atomic E-state index is 12.1. The molecule has 0 aliphatic carbocycles. The average Bonchev–Trinajstić information content (AvgIpc) is 2.56. The number of carbonyl (C=O) groups excluding carboxylic acids is 1. The first-order chi connectivity index (χ1) is 11.0. The summed E-state index contributed by atoms with van der Waals surface area (Å²) in [6.07, 6.45) is 1.00. The van der Waals surface area contributed by atoms with Crippen LogP contribution in [0.3, 0.4) is 0 Å². The average molecular weight is 310 g/mol. The van der Waals surface area contributed by atoms with Gasteiger partial charge in [0.15, 0.2) is 6.10 Å². The van der Waals surface area contributed by atoms with E-state index >= 15 is 0 Å². The molecule has 1 heterocycles. The fourth-order valence-corrected chi connectivity index (χ4v) is 1.82. The van der Waals surface area contributed by atoms with Crippen LogP contribution in [0.4, 0.5) is 11.5 Å². The van der Waals surface area contributed by atoms with Crippen molar-refractivity contribution in [1.82, 2.24) is 4.98 Å². The van der Waals surface area contributed by atoms with Crippen LogP contribution in [0.5, 0.6) is 5.75 Å². The smallest absolute Gasteiger partial charge is 0.266 e. The van der Waals surface area contributed by atoms with Crippen molar-refractivity contribution in [1.29, 1.82) is 5.26 Å². The van der Waals surface area contributed by atoms with Gasteiger partial charge in [0.05, 0.1) is 23.5 Å². The van der Waals surface area contributed by atoms with Crippen molar-refractivity contribution in [3.05, 3.63) is 48.2 Å². The Morgan fingerprint density at radius 3 is 2.48 bits per heavy atom. The van der Waals surface area contributed by atoms with E-state index in [0.29, 0.717) is 17.1 Å². The standard InChI is InChI=1S/C17H18N4O2/c1-12(23-15-7-4-13(10-18)5-8-15)17(22)20-16-9-6-14(11-19-16)21(2)3/h4-9,11-12H,1-3H3,(H,19,20,22)/t12-/m1/s1. The highest BCUT2D eigenvalue weighted by Crippen LogP contribution is 2.15. The summed E-state index contributed by atoms with van der Waals surface area (Å²) < 4.78 is 5.55. The molecule has 118 valence electrons.